The van der Waals surface area contributed by atoms with Crippen molar-refractivity contribution >= 4 is 23.1 Å². The third-order valence-corrected chi connectivity index (χ3v) is 6.36. The zero-order chi connectivity index (χ0) is 21.5. The highest BCUT2D eigenvalue weighted by Gasteiger charge is 2.33. The van der Waals surface area contributed by atoms with Crippen LogP contribution in [0.4, 0.5) is 20.3 Å². The second-order valence-corrected chi connectivity index (χ2v) is 8.42. The van der Waals surface area contributed by atoms with Crippen molar-refractivity contribution in [3.63, 3.8) is 0 Å². The van der Waals surface area contributed by atoms with Gasteiger partial charge >= 0.3 is 0 Å². The molecule has 2 unspecified atom stereocenters. The molecule has 2 N–H and O–H groups in total. The number of aromatic nitrogens is 2. The maximum Gasteiger partial charge on any atom is 0.227 e. The third kappa shape index (κ3) is 3.76. The molecular formula is C23H24F2N4O2. The largest absolute Gasteiger partial charge is 0.393 e. The summed E-state index contributed by atoms with van der Waals surface area (Å²) in [6.07, 6.45) is 6.37. The number of hydrogen-bond acceptors (Lipinski definition) is 4. The van der Waals surface area contributed by atoms with Crippen molar-refractivity contribution in [3.8, 4) is 0 Å². The van der Waals surface area contributed by atoms with Gasteiger partial charge in [-0.05, 0) is 62.4 Å². The van der Waals surface area contributed by atoms with Crippen LogP contribution in [-0.2, 0) is 4.79 Å². The van der Waals surface area contributed by atoms with E-state index in [1.165, 1.54) is 6.07 Å². The summed E-state index contributed by atoms with van der Waals surface area (Å²) in [6.45, 7) is 0.621. The maximum absolute atomic E-state index is 14.6. The first kappa shape index (κ1) is 19.9. The summed E-state index contributed by atoms with van der Waals surface area (Å²) in [5.41, 5.74) is 1.53. The Balaban J connectivity index is 1.52. The highest BCUT2D eigenvalue weighted by Crippen LogP contribution is 2.40. The fraction of sp³-hybridized carbons (Fsp3) is 0.391. The molecule has 162 valence electrons. The van der Waals surface area contributed by atoms with E-state index in [4.69, 9.17) is 4.98 Å². The fourth-order valence-corrected chi connectivity index (χ4v) is 4.81. The Morgan fingerprint density at radius 3 is 2.87 bits per heavy atom. The summed E-state index contributed by atoms with van der Waals surface area (Å²) in [7, 11) is 0. The summed E-state index contributed by atoms with van der Waals surface area (Å²) >= 11 is 0. The average molecular weight is 426 g/mol. The molecule has 3 aromatic rings. The highest BCUT2D eigenvalue weighted by atomic mass is 19.1. The Hall–Kier alpha value is -3.00. The zero-order valence-corrected chi connectivity index (χ0v) is 17.0. The van der Waals surface area contributed by atoms with E-state index in [2.05, 4.69) is 5.32 Å². The molecule has 6 nitrogen and oxygen atoms in total. The van der Waals surface area contributed by atoms with E-state index >= 15 is 0 Å². The second-order valence-electron chi connectivity index (χ2n) is 8.42. The van der Waals surface area contributed by atoms with Crippen LogP contribution in [0.5, 0.6) is 0 Å². The van der Waals surface area contributed by atoms with Crippen molar-refractivity contribution in [2.24, 2.45) is 5.92 Å². The topological polar surface area (TPSA) is 69.9 Å². The molecule has 5 rings (SSSR count). The number of aliphatic hydroxyl groups excluding tert-OH is 1. The molecule has 1 saturated carbocycles. The van der Waals surface area contributed by atoms with E-state index in [0.717, 1.165) is 18.6 Å². The number of nitrogens with one attached hydrogen (secondary N) is 1. The van der Waals surface area contributed by atoms with E-state index in [1.54, 1.807) is 6.20 Å². The van der Waals surface area contributed by atoms with Gasteiger partial charge in [0.05, 0.1) is 12.1 Å². The average Bonchev–Trinajstić information content (AvgIpc) is 3.49. The summed E-state index contributed by atoms with van der Waals surface area (Å²) in [6, 6.07) is 6.86. The lowest BCUT2D eigenvalue weighted by molar-refractivity contribution is -0.119. The molecule has 3 atom stereocenters. The molecule has 1 aliphatic heterocycles. The summed E-state index contributed by atoms with van der Waals surface area (Å²) < 4.78 is 30.2. The van der Waals surface area contributed by atoms with Crippen LogP contribution in [0.25, 0.3) is 5.65 Å². The Morgan fingerprint density at radius 2 is 2.06 bits per heavy atom. The van der Waals surface area contributed by atoms with Crippen molar-refractivity contribution < 1.29 is 18.7 Å². The van der Waals surface area contributed by atoms with Crippen molar-refractivity contribution in [3.05, 3.63) is 59.9 Å². The third-order valence-electron chi connectivity index (χ3n) is 6.36. The Bertz CT molecular complexity index is 1130. The van der Waals surface area contributed by atoms with Gasteiger partial charge in [0.1, 0.15) is 23.0 Å². The van der Waals surface area contributed by atoms with Crippen LogP contribution in [0.15, 0.2) is 42.7 Å². The molecule has 1 aliphatic carbocycles. The van der Waals surface area contributed by atoms with Crippen LogP contribution >= 0.6 is 0 Å². The maximum atomic E-state index is 14.6. The van der Waals surface area contributed by atoms with E-state index in [-0.39, 0.29) is 17.9 Å². The van der Waals surface area contributed by atoms with Crippen molar-refractivity contribution in [2.75, 3.05) is 16.8 Å². The van der Waals surface area contributed by atoms with Crippen LogP contribution in [0.1, 0.15) is 43.7 Å². The van der Waals surface area contributed by atoms with Crippen LogP contribution in [0.3, 0.4) is 0 Å². The fourth-order valence-electron chi connectivity index (χ4n) is 4.81. The number of rotatable bonds is 4. The number of amides is 1. The molecule has 0 bridgehead atoms. The Morgan fingerprint density at radius 1 is 1.19 bits per heavy atom. The Labute approximate surface area is 178 Å². The SMILES string of the molecule is O=C(Nc1cn2cccc2nc1N1CCC[C@@H]1c1cc(F)ccc1F)C1CCC(O)C1. The number of anilines is 2. The Kier molecular flexibility index (Phi) is 5.09. The van der Waals surface area contributed by atoms with Gasteiger partial charge < -0.3 is 19.7 Å². The minimum Gasteiger partial charge on any atom is -0.393 e. The monoisotopic (exact) mass is 426 g/mol. The summed E-state index contributed by atoms with van der Waals surface area (Å²) in [5, 5.41) is 12.8. The lowest BCUT2D eigenvalue weighted by Crippen LogP contribution is -2.28. The van der Waals surface area contributed by atoms with Gasteiger partial charge in [-0.2, -0.15) is 0 Å². The lowest BCUT2D eigenvalue weighted by atomic mass is 10.0. The lowest BCUT2D eigenvalue weighted by Gasteiger charge is -2.28. The minimum atomic E-state index is -0.480. The van der Waals surface area contributed by atoms with Gasteiger partial charge in [0.25, 0.3) is 0 Å². The normalized spacial score (nSPS) is 23.6. The molecule has 31 heavy (non-hydrogen) atoms. The molecular weight excluding hydrogens is 402 g/mol. The first-order valence-corrected chi connectivity index (χ1v) is 10.7. The molecule has 0 radical (unpaired) electrons. The smallest absolute Gasteiger partial charge is 0.227 e. The van der Waals surface area contributed by atoms with E-state index in [9.17, 15) is 18.7 Å². The van der Waals surface area contributed by atoms with Crippen LogP contribution in [0, 0.1) is 17.6 Å². The van der Waals surface area contributed by atoms with Crippen LogP contribution < -0.4 is 10.2 Å². The molecule has 0 spiro atoms. The first-order chi connectivity index (χ1) is 15.0. The standard InChI is InChI=1S/C23H24F2N4O2/c24-15-6-8-18(25)17(12-15)20-3-1-10-29(20)22-19(13-28-9-2-4-21(28)27-22)26-23(31)14-5-7-16(30)11-14/h2,4,6,8-9,12-14,16,20,30H,1,3,5,7,10-11H2,(H,26,31)/t14?,16?,20-/m1/s1. The number of nitrogens with zero attached hydrogens (tertiary/aromatic N) is 3. The van der Waals surface area contributed by atoms with Gasteiger partial charge in [-0.1, -0.05) is 0 Å². The van der Waals surface area contributed by atoms with E-state index in [1.807, 2.05) is 27.6 Å². The number of carbonyl (C=O) groups excluding carboxylic acids is 1. The molecule has 3 heterocycles. The van der Waals surface area contributed by atoms with E-state index in [0.29, 0.717) is 54.9 Å². The predicted octanol–water partition coefficient (Wildman–Crippen LogP) is 4.05. The van der Waals surface area contributed by atoms with Gasteiger partial charge in [0, 0.05) is 30.4 Å². The van der Waals surface area contributed by atoms with E-state index < -0.39 is 17.7 Å². The molecule has 2 fully saturated rings. The zero-order valence-electron chi connectivity index (χ0n) is 17.0. The van der Waals surface area contributed by atoms with Crippen molar-refractivity contribution in [2.45, 2.75) is 44.2 Å². The first-order valence-electron chi connectivity index (χ1n) is 10.7. The number of halogens is 2. The molecule has 1 aromatic carbocycles. The highest BCUT2D eigenvalue weighted by molar-refractivity contribution is 5.95. The minimum absolute atomic E-state index is 0.154. The predicted molar refractivity (Wildman–Crippen MR) is 113 cm³/mol. The van der Waals surface area contributed by atoms with Gasteiger partial charge in [-0.3, -0.25) is 4.79 Å². The van der Waals surface area contributed by atoms with Crippen molar-refractivity contribution in [1.82, 2.24) is 9.38 Å². The molecule has 1 amide bonds. The van der Waals surface area contributed by atoms with Crippen LogP contribution in [0.2, 0.25) is 0 Å². The summed E-state index contributed by atoms with van der Waals surface area (Å²) in [5.74, 6) is -0.791. The van der Waals surface area contributed by atoms with Gasteiger partial charge in [-0.25, -0.2) is 13.8 Å². The molecule has 8 heteroatoms. The molecule has 2 aliphatic rings. The number of fused-ring (bicyclic) bond motifs is 1. The molecule has 2 aromatic heterocycles. The van der Waals surface area contributed by atoms with Gasteiger partial charge in [-0.15, -0.1) is 0 Å². The number of carbonyl (C=O) groups is 1. The summed E-state index contributed by atoms with van der Waals surface area (Å²) in [4.78, 5) is 19.6. The molecule has 1 saturated heterocycles. The van der Waals surface area contributed by atoms with Crippen molar-refractivity contribution in [1.29, 1.82) is 0 Å². The van der Waals surface area contributed by atoms with Crippen LogP contribution in [-0.4, -0.2) is 33.0 Å². The number of benzene rings is 1. The van der Waals surface area contributed by atoms with Gasteiger partial charge in [0.15, 0.2) is 5.82 Å². The quantitative estimate of drug-likeness (QED) is 0.660. The number of hydrogen-bond donors (Lipinski definition) is 2. The number of aliphatic hydroxyl groups is 1. The second kappa shape index (κ2) is 7.92. The van der Waals surface area contributed by atoms with Gasteiger partial charge in [0.2, 0.25) is 5.91 Å².